The summed E-state index contributed by atoms with van der Waals surface area (Å²) in [5.74, 6) is 1.02. The summed E-state index contributed by atoms with van der Waals surface area (Å²) in [6.45, 7) is 5.94. The van der Waals surface area contributed by atoms with Gasteiger partial charge in [0.15, 0.2) is 5.65 Å². The summed E-state index contributed by atoms with van der Waals surface area (Å²) in [5.41, 5.74) is 2.91. The standard InChI is InChI=1S/C21H26N4O2S/c1-3-6-16-8-10-18(11-9-16)28(26,27)24-14-12-17(15-24)20-23-19-7-5-13-22-21(19)25(20)4-2/h5,7-11,13,17H,3-4,6,12,14-15H2,1-2H3. The van der Waals surface area contributed by atoms with Crippen LogP contribution in [0.1, 0.15) is 44.0 Å². The molecule has 0 bridgehead atoms. The molecule has 1 unspecified atom stereocenters. The Morgan fingerprint density at radius 1 is 1.14 bits per heavy atom. The Balaban J connectivity index is 1.58. The average Bonchev–Trinajstić information content (AvgIpc) is 3.33. The van der Waals surface area contributed by atoms with Crippen molar-refractivity contribution < 1.29 is 8.42 Å². The van der Waals surface area contributed by atoms with E-state index < -0.39 is 10.0 Å². The highest BCUT2D eigenvalue weighted by molar-refractivity contribution is 7.89. The summed E-state index contributed by atoms with van der Waals surface area (Å²) in [7, 11) is -3.48. The first-order valence-corrected chi connectivity index (χ1v) is 11.4. The van der Waals surface area contributed by atoms with E-state index in [9.17, 15) is 8.42 Å². The molecular weight excluding hydrogens is 372 g/mol. The largest absolute Gasteiger partial charge is 0.313 e. The van der Waals surface area contributed by atoms with E-state index >= 15 is 0 Å². The van der Waals surface area contributed by atoms with Crippen LogP contribution in [0.25, 0.3) is 11.2 Å². The fraction of sp³-hybridized carbons (Fsp3) is 0.429. The van der Waals surface area contributed by atoms with Crippen molar-refractivity contribution in [2.75, 3.05) is 13.1 Å². The molecule has 28 heavy (non-hydrogen) atoms. The van der Waals surface area contributed by atoms with E-state index in [1.807, 2.05) is 24.3 Å². The highest BCUT2D eigenvalue weighted by Gasteiger charge is 2.35. The lowest BCUT2D eigenvalue weighted by molar-refractivity contribution is 0.469. The van der Waals surface area contributed by atoms with Gasteiger partial charge in [-0.25, -0.2) is 18.4 Å². The summed E-state index contributed by atoms with van der Waals surface area (Å²) < 4.78 is 29.9. The Morgan fingerprint density at radius 3 is 2.64 bits per heavy atom. The SMILES string of the molecule is CCCc1ccc(S(=O)(=O)N2CCC(c3nc4cccnc4n3CC)C2)cc1. The van der Waals surface area contributed by atoms with Crippen LogP contribution in [-0.2, 0) is 23.0 Å². The van der Waals surface area contributed by atoms with Crippen LogP contribution < -0.4 is 0 Å². The third-order valence-corrected chi connectivity index (χ3v) is 7.34. The molecule has 1 saturated heterocycles. The van der Waals surface area contributed by atoms with Gasteiger partial charge in [-0.15, -0.1) is 0 Å². The van der Waals surface area contributed by atoms with Crippen molar-refractivity contribution in [1.29, 1.82) is 0 Å². The maximum atomic E-state index is 13.1. The van der Waals surface area contributed by atoms with Crippen LogP contribution in [0.5, 0.6) is 0 Å². The van der Waals surface area contributed by atoms with Gasteiger partial charge in [0.25, 0.3) is 0 Å². The van der Waals surface area contributed by atoms with E-state index in [0.29, 0.717) is 18.0 Å². The number of imidazole rings is 1. The van der Waals surface area contributed by atoms with Crippen molar-refractivity contribution in [1.82, 2.24) is 18.8 Å². The molecule has 6 nitrogen and oxygen atoms in total. The maximum absolute atomic E-state index is 13.1. The first kappa shape index (κ1) is 19.1. The van der Waals surface area contributed by atoms with Crippen LogP contribution in [-0.4, -0.2) is 40.3 Å². The highest BCUT2D eigenvalue weighted by atomic mass is 32.2. The molecule has 0 saturated carbocycles. The lowest BCUT2D eigenvalue weighted by atomic mass is 10.1. The number of fused-ring (bicyclic) bond motifs is 1. The second-order valence-electron chi connectivity index (χ2n) is 7.30. The molecule has 1 atom stereocenters. The third kappa shape index (κ3) is 3.33. The van der Waals surface area contributed by atoms with Gasteiger partial charge in [0.1, 0.15) is 11.3 Å². The quantitative estimate of drug-likeness (QED) is 0.636. The number of hydrogen-bond acceptors (Lipinski definition) is 4. The predicted molar refractivity (Wildman–Crippen MR) is 110 cm³/mol. The molecule has 4 rings (SSSR count). The maximum Gasteiger partial charge on any atom is 0.243 e. The average molecular weight is 399 g/mol. The lowest BCUT2D eigenvalue weighted by Crippen LogP contribution is -2.29. The minimum Gasteiger partial charge on any atom is -0.313 e. The third-order valence-electron chi connectivity index (χ3n) is 5.47. The van der Waals surface area contributed by atoms with Gasteiger partial charge in [0.2, 0.25) is 10.0 Å². The van der Waals surface area contributed by atoms with E-state index in [-0.39, 0.29) is 5.92 Å². The Kier molecular flexibility index (Phi) is 5.21. The molecule has 3 heterocycles. The summed E-state index contributed by atoms with van der Waals surface area (Å²) in [5, 5.41) is 0. The summed E-state index contributed by atoms with van der Waals surface area (Å²) in [6, 6.07) is 11.2. The predicted octanol–water partition coefficient (Wildman–Crippen LogP) is 3.58. The van der Waals surface area contributed by atoms with Crippen molar-refractivity contribution in [3.8, 4) is 0 Å². The van der Waals surface area contributed by atoms with Crippen LogP contribution in [0, 0.1) is 0 Å². The number of rotatable bonds is 6. The molecular formula is C21H26N4O2S. The fourth-order valence-electron chi connectivity index (χ4n) is 4.02. The van der Waals surface area contributed by atoms with Gasteiger partial charge in [0.05, 0.1) is 4.90 Å². The van der Waals surface area contributed by atoms with Crippen molar-refractivity contribution >= 4 is 21.2 Å². The van der Waals surface area contributed by atoms with Gasteiger partial charge < -0.3 is 4.57 Å². The molecule has 1 aliphatic rings. The topological polar surface area (TPSA) is 68.1 Å². The zero-order valence-electron chi connectivity index (χ0n) is 16.4. The van der Waals surface area contributed by atoms with Gasteiger partial charge in [-0.2, -0.15) is 4.31 Å². The second kappa shape index (κ2) is 7.64. The molecule has 1 aliphatic heterocycles. The smallest absolute Gasteiger partial charge is 0.243 e. The summed E-state index contributed by atoms with van der Waals surface area (Å²) in [4.78, 5) is 9.59. The molecule has 3 aromatic rings. The minimum absolute atomic E-state index is 0.0864. The molecule has 7 heteroatoms. The number of sulfonamides is 1. The van der Waals surface area contributed by atoms with Crippen molar-refractivity contribution in [3.05, 3.63) is 54.0 Å². The number of pyridine rings is 1. The molecule has 0 amide bonds. The van der Waals surface area contributed by atoms with E-state index in [4.69, 9.17) is 4.98 Å². The van der Waals surface area contributed by atoms with Crippen LogP contribution in [0.3, 0.4) is 0 Å². The second-order valence-corrected chi connectivity index (χ2v) is 9.24. The number of nitrogens with zero attached hydrogens (tertiary/aromatic N) is 4. The Hall–Kier alpha value is -2.25. The normalized spacial score (nSPS) is 18.1. The summed E-state index contributed by atoms with van der Waals surface area (Å²) >= 11 is 0. The van der Waals surface area contributed by atoms with Crippen molar-refractivity contribution in [2.24, 2.45) is 0 Å². The molecule has 0 radical (unpaired) electrons. The van der Waals surface area contributed by atoms with E-state index in [1.165, 1.54) is 5.56 Å². The van der Waals surface area contributed by atoms with Crippen LogP contribution >= 0.6 is 0 Å². The van der Waals surface area contributed by atoms with Crippen molar-refractivity contribution in [3.63, 3.8) is 0 Å². The molecule has 148 valence electrons. The van der Waals surface area contributed by atoms with Gasteiger partial charge in [-0.1, -0.05) is 25.5 Å². The number of benzene rings is 1. The Morgan fingerprint density at radius 2 is 1.93 bits per heavy atom. The molecule has 0 N–H and O–H groups in total. The zero-order valence-corrected chi connectivity index (χ0v) is 17.2. The first-order chi connectivity index (χ1) is 13.5. The van der Waals surface area contributed by atoms with Crippen molar-refractivity contribution in [2.45, 2.75) is 50.5 Å². The Labute approximate surface area is 166 Å². The van der Waals surface area contributed by atoms with Gasteiger partial charge in [-0.05, 0) is 49.6 Å². The van der Waals surface area contributed by atoms with Gasteiger partial charge in [0, 0.05) is 31.7 Å². The molecule has 1 aromatic carbocycles. The fourth-order valence-corrected chi connectivity index (χ4v) is 5.52. The molecule has 0 aliphatic carbocycles. The van der Waals surface area contributed by atoms with E-state index in [0.717, 1.165) is 42.8 Å². The monoisotopic (exact) mass is 398 g/mol. The van der Waals surface area contributed by atoms with E-state index in [1.54, 1.807) is 22.6 Å². The van der Waals surface area contributed by atoms with Crippen LogP contribution in [0.4, 0.5) is 0 Å². The lowest BCUT2D eigenvalue weighted by Gasteiger charge is -2.17. The van der Waals surface area contributed by atoms with E-state index in [2.05, 4.69) is 23.4 Å². The number of aromatic nitrogens is 3. The van der Waals surface area contributed by atoms with Gasteiger partial charge >= 0.3 is 0 Å². The first-order valence-electron chi connectivity index (χ1n) is 9.94. The molecule has 2 aromatic heterocycles. The highest BCUT2D eigenvalue weighted by Crippen LogP contribution is 2.32. The number of hydrogen-bond donors (Lipinski definition) is 0. The minimum atomic E-state index is -3.48. The van der Waals surface area contributed by atoms with Crippen LogP contribution in [0.2, 0.25) is 0 Å². The Bertz CT molecular complexity index is 1070. The number of aryl methyl sites for hydroxylation is 2. The summed E-state index contributed by atoms with van der Waals surface area (Å²) in [6.07, 6.45) is 4.56. The van der Waals surface area contributed by atoms with Crippen LogP contribution in [0.15, 0.2) is 47.5 Å². The molecule has 0 spiro atoms. The zero-order chi connectivity index (χ0) is 19.7. The molecule has 1 fully saturated rings. The van der Waals surface area contributed by atoms with Gasteiger partial charge in [-0.3, -0.25) is 0 Å².